The van der Waals surface area contributed by atoms with Gasteiger partial charge in [-0.05, 0) is 91.3 Å². The van der Waals surface area contributed by atoms with Gasteiger partial charge < -0.3 is 0 Å². The van der Waals surface area contributed by atoms with E-state index in [1.54, 1.807) is 0 Å². The van der Waals surface area contributed by atoms with Crippen LogP contribution < -0.4 is 0 Å². The van der Waals surface area contributed by atoms with E-state index in [1.807, 2.05) is 0 Å². The Labute approximate surface area is 232 Å². The summed E-state index contributed by atoms with van der Waals surface area (Å²) in [6.45, 7) is 29.7. The number of unbranched alkanes of at least 4 members (excludes halogenated alkanes) is 1. The lowest BCUT2D eigenvalue weighted by molar-refractivity contribution is 0.0892. The van der Waals surface area contributed by atoms with Crippen LogP contribution >= 0.6 is 0 Å². The molecule has 0 fully saturated rings. The summed E-state index contributed by atoms with van der Waals surface area (Å²) in [4.78, 5) is 0. The van der Waals surface area contributed by atoms with Gasteiger partial charge in [0.1, 0.15) is 0 Å². The Balaban J connectivity index is 5.09. The van der Waals surface area contributed by atoms with Gasteiger partial charge in [0.15, 0.2) is 0 Å². The van der Waals surface area contributed by atoms with Gasteiger partial charge in [0.25, 0.3) is 0 Å². The van der Waals surface area contributed by atoms with Crippen molar-refractivity contribution in [3.63, 3.8) is 0 Å². The first-order valence-electron chi connectivity index (χ1n) is 16.9. The minimum absolute atomic E-state index is 0.460. The van der Waals surface area contributed by atoms with E-state index in [9.17, 15) is 0 Å². The molecule has 0 spiro atoms. The zero-order valence-corrected chi connectivity index (χ0v) is 27.8. The van der Waals surface area contributed by atoms with Crippen molar-refractivity contribution < 1.29 is 0 Å². The van der Waals surface area contributed by atoms with Crippen LogP contribution in [0.5, 0.6) is 0 Å². The predicted molar refractivity (Wildman–Crippen MR) is 168 cm³/mol. The molecule has 0 saturated carbocycles. The fraction of sp³-hybridized carbons (Fsp3) is 1.00. The van der Waals surface area contributed by atoms with Crippen LogP contribution in [-0.2, 0) is 0 Å². The Morgan fingerprint density at radius 3 is 1.61 bits per heavy atom. The second-order valence-corrected chi connectivity index (χ2v) is 14.9. The molecule has 0 heterocycles. The first kappa shape index (κ1) is 36.0. The van der Waals surface area contributed by atoms with Gasteiger partial charge in [-0.25, -0.2) is 0 Å². The van der Waals surface area contributed by atoms with Crippen LogP contribution in [0.25, 0.3) is 0 Å². The van der Waals surface area contributed by atoms with Gasteiger partial charge in [0, 0.05) is 0 Å². The molecule has 5 atom stereocenters. The SMILES string of the molecule is CCCC(CCC)(CCCC(C)C)CC(C)CCCCC(C(C)CC(C)CC)C(C)(C)CC(C)CC. The van der Waals surface area contributed by atoms with E-state index < -0.39 is 0 Å². The Kier molecular flexibility index (Phi) is 19.1. The molecule has 218 valence electrons. The highest BCUT2D eigenvalue weighted by Gasteiger charge is 2.35. The highest BCUT2D eigenvalue weighted by Crippen LogP contribution is 2.45. The highest BCUT2D eigenvalue weighted by molar-refractivity contribution is 4.85. The van der Waals surface area contributed by atoms with Crippen LogP contribution in [-0.4, -0.2) is 0 Å². The zero-order valence-electron chi connectivity index (χ0n) is 27.8. The lowest BCUT2D eigenvalue weighted by Gasteiger charge is -2.41. The average molecular weight is 507 g/mol. The maximum absolute atomic E-state index is 2.60. The molecule has 0 aliphatic carbocycles. The van der Waals surface area contributed by atoms with Crippen molar-refractivity contribution in [1.82, 2.24) is 0 Å². The highest BCUT2D eigenvalue weighted by atomic mass is 14.4. The summed E-state index contributed by atoms with van der Waals surface area (Å²) < 4.78 is 0. The molecule has 0 saturated heterocycles. The molecule has 0 N–H and O–H groups in total. The third-order valence-electron chi connectivity index (χ3n) is 10.0. The quantitative estimate of drug-likeness (QED) is 0.121. The molecular weight excluding hydrogens is 432 g/mol. The van der Waals surface area contributed by atoms with Crippen LogP contribution in [0.3, 0.4) is 0 Å². The first-order valence-corrected chi connectivity index (χ1v) is 16.9. The minimum Gasteiger partial charge on any atom is -0.0654 e. The summed E-state index contributed by atoms with van der Waals surface area (Å²) in [5.41, 5.74) is 1.07. The van der Waals surface area contributed by atoms with Crippen LogP contribution in [0.4, 0.5) is 0 Å². The number of hydrogen-bond acceptors (Lipinski definition) is 0. The molecule has 0 nitrogen and oxygen atoms in total. The fourth-order valence-corrected chi connectivity index (χ4v) is 7.93. The zero-order chi connectivity index (χ0) is 27.8. The molecule has 5 unspecified atom stereocenters. The molecule has 0 aromatic heterocycles. The van der Waals surface area contributed by atoms with E-state index in [0.717, 1.165) is 35.5 Å². The molecule has 0 aromatic carbocycles. The second kappa shape index (κ2) is 19.1. The molecule has 0 bridgehead atoms. The van der Waals surface area contributed by atoms with E-state index in [4.69, 9.17) is 0 Å². The summed E-state index contributed by atoms with van der Waals surface area (Å²) in [7, 11) is 0. The summed E-state index contributed by atoms with van der Waals surface area (Å²) in [5, 5.41) is 0. The second-order valence-electron chi connectivity index (χ2n) is 14.9. The van der Waals surface area contributed by atoms with Crippen molar-refractivity contribution in [3.8, 4) is 0 Å². The lowest BCUT2D eigenvalue weighted by Crippen LogP contribution is -2.32. The third-order valence-corrected chi connectivity index (χ3v) is 10.0. The lowest BCUT2D eigenvalue weighted by atomic mass is 9.64. The van der Waals surface area contributed by atoms with Gasteiger partial charge in [0.2, 0.25) is 0 Å². The predicted octanol–water partition coefficient (Wildman–Crippen LogP) is 13.1. The van der Waals surface area contributed by atoms with E-state index in [1.165, 1.54) is 103 Å². The first-order chi connectivity index (χ1) is 16.9. The van der Waals surface area contributed by atoms with Crippen molar-refractivity contribution >= 4 is 0 Å². The van der Waals surface area contributed by atoms with Gasteiger partial charge >= 0.3 is 0 Å². The van der Waals surface area contributed by atoms with Crippen LogP contribution in [0.2, 0.25) is 0 Å². The van der Waals surface area contributed by atoms with Crippen molar-refractivity contribution in [2.45, 2.75) is 186 Å². The summed E-state index contributed by atoms with van der Waals surface area (Å²) in [5.74, 6) is 5.15. The van der Waals surface area contributed by atoms with E-state index in [2.05, 4.69) is 83.1 Å². The van der Waals surface area contributed by atoms with Crippen molar-refractivity contribution in [3.05, 3.63) is 0 Å². The normalized spacial score (nSPS) is 17.2. The molecule has 0 radical (unpaired) electrons. The molecule has 0 aromatic rings. The monoisotopic (exact) mass is 507 g/mol. The van der Waals surface area contributed by atoms with Gasteiger partial charge in [0.05, 0.1) is 0 Å². The molecule has 0 aliphatic rings. The van der Waals surface area contributed by atoms with Gasteiger partial charge in [-0.3, -0.25) is 0 Å². The van der Waals surface area contributed by atoms with Gasteiger partial charge in [-0.1, -0.05) is 141 Å². The Morgan fingerprint density at radius 2 is 1.11 bits per heavy atom. The molecule has 0 amide bonds. The fourth-order valence-electron chi connectivity index (χ4n) is 7.93. The standard InChI is InChI=1S/C36H74/c1-13-23-36(24-14-2,25-19-20-29(5)6)28-32(9)21-17-18-22-34(33(10)26-30(7)15-3)35(11,12)27-31(8)16-4/h29-34H,13-28H2,1-12H3. The van der Waals surface area contributed by atoms with Crippen molar-refractivity contribution in [2.24, 2.45) is 46.3 Å². The summed E-state index contributed by atoms with van der Waals surface area (Å²) in [6, 6.07) is 0. The average Bonchev–Trinajstić information content (AvgIpc) is 2.78. The van der Waals surface area contributed by atoms with Crippen LogP contribution in [0, 0.1) is 46.3 Å². The van der Waals surface area contributed by atoms with E-state index >= 15 is 0 Å². The summed E-state index contributed by atoms with van der Waals surface area (Å²) in [6.07, 6.45) is 22.6. The molecule has 0 aliphatic heterocycles. The van der Waals surface area contributed by atoms with Gasteiger partial charge in [-0.15, -0.1) is 0 Å². The number of hydrogen-bond donors (Lipinski definition) is 0. The van der Waals surface area contributed by atoms with E-state index in [0.29, 0.717) is 10.8 Å². The van der Waals surface area contributed by atoms with E-state index in [-0.39, 0.29) is 0 Å². The summed E-state index contributed by atoms with van der Waals surface area (Å²) >= 11 is 0. The Hall–Kier alpha value is 0. The van der Waals surface area contributed by atoms with Crippen molar-refractivity contribution in [1.29, 1.82) is 0 Å². The maximum Gasteiger partial charge on any atom is -0.0295 e. The molecular formula is C36H74. The molecule has 36 heavy (non-hydrogen) atoms. The third kappa shape index (κ3) is 14.8. The topological polar surface area (TPSA) is 0 Å². The minimum atomic E-state index is 0.460. The Morgan fingerprint density at radius 1 is 0.556 bits per heavy atom. The van der Waals surface area contributed by atoms with Gasteiger partial charge in [-0.2, -0.15) is 0 Å². The smallest absolute Gasteiger partial charge is 0.0295 e. The molecule has 0 heteroatoms. The largest absolute Gasteiger partial charge is 0.0654 e. The Bertz CT molecular complexity index is 494. The number of rotatable bonds is 23. The van der Waals surface area contributed by atoms with Crippen LogP contribution in [0.1, 0.15) is 186 Å². The van der Waals surface area contributed by atoms with Crippen molar-refractivity contribution in [2.75, 3.05) is 0 Å². The van der Waals surface area contributed by atoms with Crippen LogP contribution in [0.15, 0.2) is 0 Å². The molecule has 0 rings (SSSR count). The maximum atomic E-state index is 2.60.